The Kier molecular flexibility index (Phi) is 8.42. The molecule has 0 heterocycles. The van der Waals surface area contributed by atoms with Crippen LogP contribution in [0.4, 0.5) is 0 Å². The lowest BCUT2D eigenvalue weighted by atomic mass is 10.2. The molecule has 5 heteroatoms. The minimum atomic E-state index is -0.141. The van der Waals surface area contributed by atoms with Crippen LogP contribution >= 0.6 is 0 Å². The number of hydrogen-bond donors (Lipinski definition) is 2. The van der Waals surface area contributed by atoms with Gasteiger partial charge in [-0.25, -0.2) is 0 Å². The number of unbranched alkanes of at least 4 members (excludes halogenated alkanes) is 1. The molecule has 0 aromatic heterocycles. The lowest BCUT2D eigenvalue weighted by molar-refractivity contribution is 0.0838. The first-order chi connectivity index (χ1) is 9.77. The van der Waals surface area contributed by atoms with Crippen molar-refractivity contribution >= 4 is 5.91 Å². The minimum Gasteiger partial charge on any atom is -0.494 e. The van der Waals surface area contributed by atoms with Crippen LogP contribution in [-0.4, -0.2) is 44.0 Å². The Balaban J connectivity index is 2.30. The fourth-order valence-corrected chi connectivity index (χ4v) is 1.54. The quantitative estimate of drug-likeness (QED) is 0.639. The fourth-order valence-electron chi connectivity index (χ4n) is 1.54. The van der Waals surface area contributed by atoms with Crippen molar-refractivity contribution in [1.82, 2.24) is 5.32 Å². The first kappa shape index (κ1) is 16.5. The van der Waals surface area contributed by atoms with E-state index in [0.29, 0.717) is 31.9 Å². The van der Waals surface area contributed by atoms with Gasteiger partial charge in [-0.3, -0.25) is 4.79 Å². The van der Waals surface area contributed by atoms with Crippen molar-refractivity contribution in [2.75, 3.05) is 33.0 Å². The molecule has 1 rings (SSSR count). The van der Waals surface area contributed by atoms with Gasteiger partial charge in [0.05, 0.1) is 26.4 Å². The van der Waals surface area contributed by atoms with E-state index in [0.717, 1.165) is 18.6 Å². The average molecular weight is 281 g/mol. The Hall–Kier alpha value is -1.59. The molecule has 5 nitrogen and oxygen atoms in total. The van der Waals surface area contributed by atoms with Crippen LogP contribution in [0.3, 0.4) is 0 Å². The second-order valence-corrected chi connectivity index (χ2v) is 4.32. The molecule has 0 saturated heterocycles. The van der Waals surface area contributed by atoms with E-state index in [2.05, 4.69) is 12.2 Å². The minimum absolute atomic E-state index is 0.00651. The van der Waals surface area contributed by atoms with Crippen molar-refractivity contribution in [3.8, 4) is 5.75 Å². The lowest BCUT2D eigenvalue weighted by Gasteiger charge is -2.08. The molecule has 112 valence electrons. The van der Waals surface area contributed by atoms with E-state index >= 15 is 0 Å². The van der Waals surface area contributed by atoms with Crippen molar-refractivity contribution in [2.45, 2.75) is 19.8 Å². The molecule has 0 aliphatic heterocycles. The number of rotatable bonds is 10. The van der Waals surface area contributed by atoms with E-state index in [9.17, 15) is 4.79 Å². The van der Waals surface area contributed by atoms with Crippen LogP contribution in [0.5, 0.6) is 5.75 Å². The van der Waals surface area contributed by atoms with Gasteiger partial charge in [0.2, 0.25) is 0 Å². The number of carbonyl (C=O) groups is 1. The maximum atomic E-state index is 11.8. The summed E-state index contributed by atoms with van der Waals surface area (Å²) in [5.74, 6) is 0.638. The van der Waals surface area contributed by atoms with Crippen molar-refractivity contribution < 1.29 is 19.4 Å². The molecule has 1 aromatic rings. The standard InChI is InChI=1S/C15H23NO4/c1-2-3-10-20-14-6-4-13(5-7-14)15(18)16-8-11-19-12-9-17/h4-7,17H,2-3,8-12H2,1H3,(H,16,18). The molecule has 2 N–H and O–H groups in total. The van der Waals surface area contributed by atoms with Crippen LogP contribution in [-0.2, 0) is 4.74 Å². The average Bonchev–Trinajstić information content (AvgIpc) is 2.48. The van der Waals surface area contributed by atoms with Crippen molar-refractivity contribution in [3.63, 3.8) is 0 Å². The second-order valence-electron chi connectivity index (χ2n) is 4.32. The molecule has 0 aliphatic rings. The summed E-state index contributed by atoms with van der Waals surface area (Å²) in [4.78, 5) is 11.8. The molecule has 0 unspecified atom stereocenters. The van der Waals surface area contributed by atoms with Gasteiger partial charge in [-0.15, -0.1) is 0 Å². The monoisotopic (exact) mass is 281 g/mol. The van der Waals surface area contributed by atoms with Gasteiger partial charge in [0.1, 0.15) is 5.75 Å². The molecule has 0 bridgehead atoms. The third-order valence-corrected chi connectivity index (χ3v) is 2.65. The molecule has 0 aliphatic carbocycles. The molecular formula is C15H23NO4. The van der Waals surface area contributed by atoms with Crippen molar-refractivity contribution in [2.24, 2.45) is 0 Å². The van der Waals surface area contributed by atoms with Gasteiger partial charge < -0.3 is 19.9 Å². The van der Waals surface area contributed by atoms with Gasteiger partial charge in [-0.2, -0.15) is 0 Å². The van der Waals surface area contributed by atoms with Crippen LogP contribution in [0.15, 0.2) is 24.3 Å². The smallest absolute Gasteiger partial charge is 0.251 e. The number of hydrogen-bond acceptors (Lipinski definition) is 4. The number of aliphatic hydroxyl groups is 1. The highest BCUT2D eigenvalue weighted by Gasteiger charge is 2.04. The highest BCUT2D eigenvalue weighted by molar-refractivity contribution is 5.94. The largest absolute Gasteiger partial charge is 0.494 e. The third kappa shape index (κ3) is 6.54. The summed E-state index contributed by atoms with van der Waals surface area (Å²) in [7, 11) is 0. The maximum Gasteiger partial charge on any atom is 0.251 e. The van der Waals surface area contributed by atoms with Crippen molar-refractivity contribution in [3.05, 3.63) is 29.8 Å². The number of nitrogens with one attached hydrogen (secondary N) is 1. The highest BCUT2D eigenvalue weighted by atomic mass is 16.5. The van der Waals surface area contributed by atoms with Gasteiger partial charge in [0.15, 0.2) is 0 Å². The summed E-state index contributed by atoms with van der Waals surface area (Å²) in [6, 6.07) is 7.08. The Bertz CT molecular complexity index is 378. The summed E-state index contributed by atoms with van der Waals surface area (Å²) >= 11 is 0. The number of ether oxygens (including phenoxy) is 2. The number of aliphatic hydroxyl groups excluding tert-OH is 1. The molecule has 1 aromatic carbocycles. The predicted octanol–water partition coefficient (Wildman–Crippen LogP) is 1.60. The topological polar surface area (TPSA) is 67.8 Å². The first-order valence-corrected chi connectivity index (χ1v) is 6.97. The predicted molar refractivity (Wildman–Crippen MR) is 77.1 cm³/mol. The normalized spacial score (nSPS) is 10.3. The Morgan fingerprint density at radius 2 is 1.95 bits per heavy atom. The summed E-state index contributed by atoms with van der Waals surface area (Å²) in [5.41, 5.74) is 0.593. The Morgan fingerprint density at radius 1 is 1.20 bits per heavy atom. The Labute approximate surface area is 119 Å². The van der Waals surface area contributed by atoms with E-state index in [1.54, 1.807) is 24.3 Å². The van der Waals surface area contributed by atoms with E-state index in [1.165, 1.54) is 0 Å². The van der Waals surface area contributed by atoms with E-state index in [-0.39, 0.29) is 12.5 Å². The molecule has 0 spiro atoms. The summed E-state index contributed by atoms with van der Waals surface area (Å²) in [5, 5.41) is 11.3. The molecule has 0 atom stereocenters. The third-order valence-electron chi connectivity index (χ3n) is 2.65. The van der Waals surface area contributed by atoms with E-state index in [4.69, 9.17) is 14.6 Å². The van der Waals surface area contributed by atoms with E-state index in [1.807, 2.05) is 0 Å². The molecule has 0 fully saturated rings. The van der Waals surface area contributed by atoms with Crippen LogP contribution in [0.25, 0.3) is 0 Å². The zero-order valence-electron chi connectivity index (χ0n) is 11.9. The number of amides is 1. The number of carbonyl (C=O) groups excluding carboxylic acids is 1. The zero-order valence-corrected chi connectivity index (χ0v) is 11.9. The molecule has 20 heavy (non-hydrogen) atoms. The summed E-state index contributed by atoms with van der Waals surface area (Å²) in [6.07, 6.45) is 2.12. The van der Waals surface area contributed by atoms with Crippen LogP contribution < -0.4 is 10.1 Å². The number of benzene rings is 1. The lowest BCUT2D eigenvalue weighted by Crippen LogP contribution is -2.27. The fraction of sp³-hybridized carbons (Fsp3) is 0.533. The van der Waals surface area contributed by atoms with E-state index < -0.39 is 0 Å². The highest BCUT2D eigenvalue weighted by Crippen LogP contribution is 2.12. The molecule has 0 saturated carbocycles. The second kappa shape index (κ2) is 10.2. The SMILES string of the molecule is CCCCOc1ccc(C(=O)NCCOCCO)cc1. The first-order valence-electron chi connectivity index (χ1n) is 6.97. The summed E-state index contributed by atoms with van der Waals surface area (Å²) < 4.78 is 10.6. The molecular weight excluding hydrogens is 258 g/mol. The van der Waals surface area contributed by atoms with Gasteiger partial charge in [-0.05, 0) is 30.7 Å². The molecule has 1 amide bonds. The summed E-state index contributed by atoms with van der Waals surface area (Å²) in [6.45, 7) is 3.91. The van der Waals surface area contributed by atoms with Gasteiger partial charge in [-0.1, -0.05) is 13.3 Å². The van der Waals surface area contributed by atoms with Crippen molar-refractivity contribution in [1.29, 1.82) is 0 Å². The van der Waals surface area contributed by atoms with Crippen LogP contribution in [0, 0.1) is 0 Å². The van der Waals surface area contributed by atoms with Gasteiger partial charge >= 0.3 is 0 Å². The zero-order chi connectivity index (χ0) is 14.6. The van der Waals surface area contributed by atoms with Crippen LogP contribution in [0.1, 0.15) is 30.1 Å². The van der Waals surface area contributed by atoms with Crippen LogP contribution in [0.2, 0.25) is 0 Å². The maximum absolute atomic E-state index is 11.8. The van der Waals surface area contributed by atoms with Gasteiger partial charge in [0, 0.05) is 12.1 Å². The Morgan fingerprint density at radius 3 is 2.60 bits per heavy atom. The molecule has 0 radical (unpaired) electrons. The van der Waals surface area contributed by atoms with Gasteiger partial charge in [0.25, 0.3) is 5.91 Å².